The summed E-state index contributed by atoms with van der Waals surface area (Å²) in [6, 6.07) is 0. The van der Waals surface area contributed by atoms with Crippen molar-refractivity contribution in [3.8, 4) is 0 Å². The Balaban J connectivity index is 2.32. The highest BCUT2D eigenvalue weighted by molar-refractivity contribution is 9.11. The van der Waals surface area contributed by atoms with Crippen LogP contribution in [-0.2, 0) is 0 Å². The molecule has 0 spiro atoms. The normalized spacial score (nSPS) is 40.4. The third-order valence-electron chi connectivity index (χ3n) is 3.27. The molecule has 0 nitrogen and oxygen atoms in total. The van der Waals surface area contributed by atoms with Gasteiger partial charge in [-0.3, -0.25) is 0 Å². The molecule has 0 aliphatic heterocycles. The molecule has 0 aromatic rings. The summed E-state index contributed by atoms with van der Waals surface area (Å²) in [7, 11) is 0. The second-order valence-electron chi connectivity index (χ2n) is 4.14. The van der Waals surface area contributed by atoms with Gasteiger partial charge >= 0.3 is 0 Å². The highest BCUT2D eigenvalue weighted by Crippen LogP contribution is 2.44. The van der Waals surface area contributed by atoms with E-state index in [0.29, 0.717) is 0 Å². The molecule has 0 saturated heterocycles. The van der Waals surface area contributed by atoms with Crippen LogP contribution in [0, 0.1) is 17.8 Å². The van der Waals surface area contributed by atoms with Crippen LogP contribution in [0.3, 0.4) is 0 Å². The fraction of sp³-hybridized carbons (Fsp3) is 0.636. The van der Waals surface area contributed by atoms with Crippen molar-refractivity contribution in [2.75, 3.05) is 0 Å². The Hall–Kier alpha value is -0.0400. The van der Waals surface area contributed by atoms with Gasteiger partial charge in [0.15, 0.2) is 0 Å². The predicted octanol–water partition coefficient (Wildman–Crippen LogP) is 3.89. The van der Waals surface area contributed by atoms with Crippen molar-refractivity contribution in [3.05, 3.63) is 22.2 Å². The summed E-state index contributed by atoms with van der Waals surface area (Å²) in [4.78, 5) is 0. The van der Waals surface area contributed by atoms with Crippen LogP contribution in [0.2, 0.25) is 0 Å². The number of allylic oxidation sites excluding steroid dienone is 4. The van der Waals surface area contributed by atoms with Crippen LogP contribution in [0.25, 0.3) is 0 Å². The van der Waals surface area contributed by atoms with Gasteiger partial charge in [0.25, 0.3) is 0 Å². The molecule has 0 radical (unpaired) electrons. The standard InChI is InChI=1S/C11H15Br/c1-7-3-4-10-8(2)5-9(12)6-11(7)10/h5-8,10H,3-4H2,1-2H3/t7?,8?,10-/m1/s1. The molecule has 2 aliphatic carbocycles. The average Bonchev–Trinajstić information content (AvgIpc) is 2.33. The van der Waals surface area contributed by atoms with E-state index in [1.54, 1.807) is 5.57 Å². The molecule has 0 aromatic heterocycles. The minimum Gasteiger partial charge on any atom is -0.0668 e. The fourth-order valence-electron chi connectivity index (χ4n) is 2.52. The zero-order valence-corrected chi connectivity index (χ0v) is 9.26. The summed E-state index contributed by atoms with van der Waals surface area (Å²) in [5, 5.41) is 0. The van der Waals surface area contributed by atoms with Gasteiger partial charge in [-0.1, -0.05) is 41.4 Å². The molecule has 0 N–H and O–H groups in total. The molecule has 12 heavy (non-hydrogen) atoms. The first-order chi connectivity index (χ1) is 5.68. The number of hydrogen-bond acceptors (Lipinski definition) is 0. The molecule has 2 unspecified atom stereocenters. The van der Waals surface area contributed by atoms with Gasteiger partial charge < -0.3 is 0 Å². The topological polar surface area (TPSA) is 0 Å². The van der Waals surface area contributed by atoms with E-state index in [-0.39, 0.29) is 0 Å². The van der Waals surface area contributed by atoms with Crippen molar-refractivity contribution in [1.29, 1.82) is 0 Å². The Morgan fingerprint density at radius 2 is 2.08 bits per heavy atom. The van der Waals surface area contributed by atoms with Gasteiger partial charge in [0, 0.05) is 4.48 Å². The van der Waals surface area contributed by atoms with Crippen molar-refractivity contribution >= 4 is 15.9 Å². The molecular formula is C11H15Br. The predicted molar refractivity (Wildman–Crippen MR) is 56.1 cm³/mol. The van der Waals surface area contributed by atoms with Gasteiger partial charge in [-0.05, 0) is 36.7 Å². The average molecular weight is 227 g/mol. The maximum Gasteiger partial charge on any atom is 0.0138 e. The molecule has 1 fully saturated rings. The van der Waals surface area contributed by atoms with E-state index in [0.717, 1.165) is 17.8 Å². The molecule has 66 valence electrons. The molecule has 0 amide bonds. The quantitative estimate of drug-likeness (QED) is 0.589. The maximum atomic E-state index is 3.58. The third-order valence-corrected chi connectivity index (χ3v) is 3.76. The van der Waals surface area contributed by atoms with Gasteiger partial charge in [-0.25, -0.2) is 0 Å². The van der Waals surface area contributed by atoms with Gasteiger partial charge in [0.1, 0.15) is 0 Å². The summed E-state index contributed by atoms with van der Waals surface area (Å²) in [5.41, 5.74) is 1.68. The summed E-state index contributed by atoms with van der Waals surface area (Å²) in [6.45, 7) is 4.68. The van der Waals surface area contributed by atoms with Gasteiger partial charge in [-0.2, -0.15) is 0 Å². The van der Waals surface area contributed by atoms with E-state index < -0.39 is 0 Å². The van der Waals surface area contributed by atoms with Crippen molar-refractivity contribution in [1.82, 2.24) is 0 Å². The number of halogens is 1. The van der Waals surface area contributed by atoms with Crippen LogP contribution in [0.4, 0.5) is 0 Å². The lowest BCUT2D eigenvalue weighted by Crippen LogP contribution is -2.12. The summed E-state index contributed by atoms with van der Waals surface area (Å²) in [5.74, 6) is 2.41. The molecule has 0 aromatic carbocycles. The van der Waals surface area contributed by atoms with Crippen LogP contribution in [0.1, 0.15) is 26.7 Å². The van der Waals surface area contributed by atoms with Crippen LogP contribution in [0.5, 0.6) is 0 Å². The highest BCUT2D eigenvalue weighted by Gasteiger charge is 2.32. The monoisotopic (exact) mass is 226 g/mol. The maximum absolute atomic E-state index is 3.58. The molecule has 2 rings (SSSR count). The van der Waals surface area contributed by atoms with Crippen molar-refractivity contribution in [3.63, 3.8) is 0 Å². The Morgan fingerprint density at radius 3 is 2.83 bits per heavy atom. The SMILES string of the molecule is CC1CC[C@H]2C1=CC(Br)=CC2C. The lowest BCUT2D eigenvalue weighted by atomic mass is 9.84. The first kappa shape index (κ1) is 8.55. The van der Waals surface area contributed by atoms with E-state index in [2.05, 4.69) is 41.9 Å². The second kappa shape index (κ2) is 3.02. The first-order valence-corrected chi connectivity index (χ1v) is 5.56. The smallest absolute Gasteiger partial charge is 0.0138 e. The van der Waals surface area contributed by atoms with Crippen LogP contribution in [-0.4, -0.2) is 0 Å². The Bertz CT molecular complexity index is 250. The van der Waals surface area contributed by atoms with E-state index >= 15 is 0 Å². The largest absolute Gasteiger partial charge is 0.0668 e. The zero-order valence-electron chi connectivity index (χ0n) is 7.68. The lowest BCUT2D eigenvalue weighted by molar-refractivity contribution is 0.490. The van der Waals surface area contributed by atoms with Gasteiger partial charge in [0.2, 0.25) is 0 Å². The summed E-state index contributed by atoms with van der Waals surface area (Å²) < 4.78 is 1.29. The molecular weight excluding hydrogens is 212 g/mol. The van der Waals surface area contributed by atoms with Crippen molar-refractivity contribution in [2.24, 2.45) is 17.8 Å². The second-order valence-corrected chi connectivity index (χ2v) is 5.06. The molecule has 1 heteroatoms. The highest BCUT2D eigenvalue weighted by atomic mass is 79.9. The third kappa shape index (κ3) is 1.28. The van der Waals surface area contributed by atoms with Gasteiger partial charge in [0.05, 0.1) is 0 Å². The number of hydrogen-bond donors (Lipinski definition) is 0. The molecule has 3 atom stereocenters. The lowest BCUT2D eigenvalue weighted by Gasteiger charge is -2.23. The number of fused-ring (bicyclic) bond motifs is 1. The molecule has 2 aliphatic rings. The summed E-state index contributed by atoms with van der Waals surface area (Å²) >= 11 is 3.58. The van der Waals surface area contributed by atoms with Crippen molar-refractivity contribution in [2.45, 2.75) is 26.7 Å². The molecule has 1 saturated carbocycles. The van der Waals surface area contributed by atoms with Crippen LogP contribution in [0.15, 0.2) is 22.2 Å². The fourth-order valence-corrected chi connectivity index (χ4v) is 3.20. The van der Waals surface area contributed by atoms with Crippen molar-refractivity contribution < 1.29 is 0 Å². The first-order valence-electron chi connectivity index (χ1n) is 4.77. The Kier molecular flexibility index (Phi) is 2.16. The zero-order chi connectivity index (χ0) is 8.72. The Labute approximate surface area is 82.9 Å². The van der Waals surface area contributed by atoms with Crippen LogP contribution >= 0.6 is 15.9 Å². The van der Waals surface area contributed by atoms with E-state index in [1.165, 1.54) is 17.3 Å². The van der Waals surface area contributed by atoms with Gasteiger partial charge in [-0.15, -0.1) is 0 Å². The Morgan fingerprint density at radius 1 is 1.33 bits per heavy atom. The molecule has 0 heterocycles. The summed E-state index contributed by atoms with van der Waals surface area (Å²) in [6.07, 6.45) is 7.45. The van der Waals surface area contributed by atoms with E-state index in [9.17, 15) is 0 Å². The van der Waals surface area contributed by atoms with Crippen LogP contribution < -0.4 is 0 Å². The van der Waals surface area contributed by atoms with E-state index in [4.69, 9.17) is 0 Å². The van der Waals surface area contributed by atoms with E-state index in [1.807, 2.05) is 0 Å². The minimum atomic E-state index is 0.740. The number of rotatable bonds is 0. The molecule has 0 bridgehead atoms. The minimum absolute atomic E-state index is 0.740.